The summed E-state index contributed by atoms with van der Waals surface area (Å²) in [7, 11) is 0. The molecule has 80 valence electrons. The molecule has 0 aliphatic heterocycles. The SMILES string of the molecule is CCOCCCNCCn1ccnn1. The molecule has 1 aromatic rings. The van der Waals surface area contributed by atoms with Gasteiger partial charge in [-0.25, -0.2) is 0 Å². The third kappa shape index (κ3) is 4.94. The molecule has 0 saturated heterocycles. The summed E-state index contributed by atoms with van der Waals surface area (Å²) in [4.78, 5) is 0. The van der Waals surface area contributed by atoms with Crippen molar-refractivity contribution in [3.63, 3.8) is 0 Å². The molecule has 0 aliphatic rings. The molecule has 0 saturated carbocycles. The van der Waals surface area contributed by atoms with Crippen molar-refractivity contribution in [1.82, 2.24) is 20.3 Å². The van der Waals surface area contributed by atoms with E-state index >= 15 is 0 Å². The van der Waals surface area contributed by atoms with Crippen LogP contribution in [0.25, 0.3) is 0 Å². The zero-order valence-electron chi connectivity index (χ0n) is 8.65. The molecule has 1 N–H and O–H groups in total. The Labute approximate surface area is 84.4 Å². The van der Waals surface area contributed by atoms with Gasteiger partial charge >= 0.3 is 0 Å². The van der Waals surface area contributed by atoms with Crippen molar-refractivity contribution in [3.05, 3.63) is 12.4 Å². The lowest BCUT2D eigenvalue weighted by molar-refractivity contribution is 0.144. The van der Waals surface area contributed by atoms with Crippen LogP contribution in [0.1, 0.15) is 13.3 Å². The zero-order chi connectivity index (χ0) is 10.1. The topological polar surface area (TPSA) is 52.0 Å². The van der Waals surface area contributed by atoms with E-state index in [9.17, 15) is 0 Å². The molecule has 14 heavy (non-hydrogen) atoms. The van der Waals surface area contributed by atoms with E-state index in [1.165, 1.54) is 0 Å². The fourth-order valence-corrected chi connectivity index (χ4v) is 1.11. The van der Waals surface area contributed by atoms with Crippen LogP contribution in [0.4, 0.5) is 0 Å². The Balaban J connectivity index is 1.85. The highest BCUT2D eigenvalue weighted by Crippen LogP contribution is 1.81. The molecule has 1 aromatic heterocycles. The van der Waals surface area contributed by atoms with Crippen LogP contribution in [0, 0.1) is 0 Å². The van der Waals surface area contributed by atoms with E-state index in [-0.39, 0.29) is 0 Å². The normalized spacial score (nSPS) is 10.6. The fraction of sp³-hybridized carbons (Fsp3) is 0.778. The minimum atomic E-state index is 0.805. The molecule has 0 bridgehead atoms. The standard InChI is InChI=1S/C9H18N4O/c1-2-14-9-3-4-10-5-7-13-8-6-11-12-13/h6,8,10H,2-5,7,9H2,1H3. The molecule has 0 amide bonds. The largest absolute Gasteiger partial charge is 0.382 e. The molecule has 0 radical (unpaired) electrons. The van der Waals surface area contributed by atoms with E-state index in [1.54, 1.807) is 6.20 Å². The smallest absolute Gasteiger partial charge is 0.0692 e. The van der Waals surface area contributed by atoms with E-state index in [2.05, 4.69) is 15.6 Å². The Morgan fingerprint density at radius 3 is 3.07 bits per heavy atom. The van der Waals surface area contributed by atoms with Gasteiger partial charge in [0.1, 0.15) is 0 Å². The summed E-state index contributed by atoms with van der Waals surface area (Å²) in [6.07, 6.45) is 4.61. The van der Waals surface area contributed by atoms with E-state index in [0.717, 1.165) is 39.3 Å². The Kier molecular flexibility index (Phi) is 5.94. The third-order valence-corrected chi connectivity index (χ3v) is 1.84. The second-order valence-corrected chi connectivity index (χ2v) is 2.97. The number of ether oxygens (including phenoxy) is 1. The molecule has 0 spiro atoms. The maximum atomic E-state index is 5.22. The van der Waals surface area contributed by atoms with Crippen LogP contribution < -0.4 is 5.32 Å². The molecule has 0 unspecified atom stereocenters. The van der Waals surface area contributed by atoms with Crippen LogP contribution in [0.15, 0.2) is 12.4 Å². The van der Waals surface area contributed by atoms with Gasteiger partial charge in [0.25, 0.3) is 0 Å². The van der Waals surface area contributed by atoms with Crippen LogP contribution in [0.5, 0.6) is 0 Å². The van der Waals surface area contributed by atoms with Gasteiger partial charge in [0, 0.05) is 26.0 Å². The van der Waals surface area contributed by atoms with Crippen LogP contribution >= 0.6 is 0 Å². The van der Waals surface area contributed by atoms with Crippen molar-refractivity contribution in [2.45, 2.75) is 19.9 Å². The third-order valence-electron chi connectivity index (χ3n) is 1.84. The predicted molar refractivity (Wildman–Crippen MR) is 54.0 cm³/mol. The quantitative estimate of drug-likeness (QED) is 0.610. The minimum absolute atomic E-state index is 0.805. The number of aromatic nitrogens is 3. The van der Waals surface area contributed by atoms with Gasteiger partial charge in [-0.3, -0.25) is 4.68 Å². The van der Waals surface area contributed by atoms with Crippen LogP contribution in [0.2, 0.25) is 0 Å². The van der Waals surface area contributed by atoms with Gasteiger partial charge < -0.3 is 10.1 Å². The summed E-state index contributed by atoms with van der Waals surface area (Å²) in [5, 5.41) is 10.9. The second kappa shape index (κ2) is 7.46. The number of nitrogens with zero attached hydrogens (tertiary/aromatic N) is 3. The van der Waals surface area contributed by atoms with Crippen molar-refractivity contribution < 1.29 is 4.74 Å². The number of nitrogens with one attached hydrogen (secondary N) is 1. The van der Waals surface area contributed by atoms with E-state index in [0.29, 0.717) is 0 Å². The Hall–Kier alpha value is -0.940. The summed E-state index contributed by atoms with van der Waals surface area (Å²) < 4.78 is 7.03. The molecule has 0 aromatic carbocycles. The van der Waals surface area contributed by atoms with Crippen molar-refractivity contribution in [2.24, 2.45) is 0 Å². The average Bonchev–Trinajstić information content (AvgIpc) is 2.69. The lowest BCUT2D eigenvalue weighted by Gasteiger charge is -2.04. The van der Waals surface area contributed by atoms with Crippen LogP contribution in [-0.4, -0.2) is 41.3 Å². The Bertz CT molecular complexity index is 213. The van der Waals surface area contributed by atoms with Crippen molar-refractivity contribution >= 4 is 0 Å². The number of hydrogen-bond acceptors (Lipinski definition) is 4. The first-order chi connectivity index (χ1) is 6.93. The highest BCUT2D eigenvalue weighted by atomic mass is 16.5. The van der Waals surface area contributed by atoms with Crippen molar-refractivity contribution in [1.29, 1.82) is 0 Å². The van der Waals surface area contributed by atoms with Gasteiger partial charge in [-0.2, -0.15) is 0 Å². The summed E-state index contributed by atoms with van der Waals surface area (Å²) >= 11 is 0. The molecule has 1 heterocycles. The lowest BCUT2D eigenvalue weighted by atomic mass is 10.4. The molecular weight excluding hydrogens is 180 g/mol. The summed E-state index contributed by atoms with van der Waals surface area (Å²) in [5.41, 5.74) is 0. The number of rotatable bonds is 8. The van der Waals surface area contributed by atoms with Gasteiger partial charge in [0.15, 0.2) is 0 Å². The molecule has 0 atom stereocenters. The average molecular weight is 198 g/mol. The Morgan fingerprint density at radius 2 is 2.36 bits per heavy atom. The van der Waals surface area contributed by atoms with E-state index in [4.69, 9.17) is 4.74 Å². The highest BCUT2D eigenvalue weighted by Gasteiger charge is 1.91. The lowest BCUT2D eigenvalue weighted by Crippen LogP contribution is -2.22. The molecule has 5 heteroatoms. The van der Waals surface area contributed by atoms with Crippen LogP contribution in [-0.2, 0) is 11.3 Å². The van der Waals surface area contributed by atoms with Gasteiger partial charge in [-0.1, -0.05) is 5.21 Å². The summed E-state index contributed by atoms with van der Waals surface area (Å²) in [6.45, 7) is 6.45. The Morgan fingerprint density at radius 1 is 1.43 bits per heavy atom. The van der Waals surface area contributed by atoms with E-state index < -0.39 is 0 Å². The number of hydrogen-bond donors (Lipinski definition) is 1. The van der Waals surface area contributed by atoms with Gasteiger partial charge in [0.2, 0.25) is 0 Å². The predicted octanol–water partition coefficient (Wildman–Crippen LogP) is 0.294. The summed E-state index contributed by atoms with van der Waals surface area (Å²) in [5.74, 6) is 0. The minimum Gasteiger partial charge on any atom is -0.382 e. The van der Waals surface area contributed by atoms with Gasteiger partial charge in [-0.15, -0.1) is 5.10 Å². The molecular formula is C9H18N4O. The van der Waals surface area contributed by atoms with E-state index in [1.807, 2.05) is 17.8 Å². The van der Waals surface area contributed by atoms with Crippen molar-refractivity contribution in [2.75, 3.05) is 26.3 Å². The molecule has 0 fully saturated rings. The molecule has 1 rings (SSSR count). The summed E-state index contributed by atoms with van der Waals surface area (Å²) in [6, 6.07) is 0. The second-order valence-electron chi connectivity index (χ2n) is 2.97. The van der Waals surface area contributed by atoms with Gasteiger partial charge in [0.05, 0.1) is 12.7 Å². The molecule has 0 aliphatic carbocycles. The highest BCUT2D eigenvalue weighted by molar-refractivity contribution is 4.64. The van der Waals surface area contributed by atoms with Crippen LogP contribution in [0.3, 0.4) is 0 Å². The van der Waals surface area contributed by atoms with Gasteiger partial charge in [-0.05, 0) is 19.9 Å². The monoisotopic (exact) mass is 198 g/mol. The molecule has 5 nitrogen and oxygen atoms in total. The first-order valence-electron chi connectivity index (χ1n) is 5.06. The maximum absolute atomic E-state index is 5.22. The van der Waals surface area contributed by atoms with Crippen molar-refractivity contribution in [3.8, 4) is 0 Å². The first-order valence-corrected chi connectivity index (χ1v) is 5.06. The zero-order valence-corrected chi connectivity index (χ0v) is 8.65. The fourth-order valence-electron chi connectivity index (χ4n) is 1.11. The maximum Gasteiger partial charge on any atom is 0.0692 e. The first kappa shape index (κ1) is 11.1.